The molecule has 23 heavy (non-hydrogen) atoms. The van der Waals surface area contributed by atoms with Crippen LogP contribution in [0.25, 0.3) is 0 Å². The zero-order valence-corrected chi connectivity index (χ0v) is 14.3. The molecule has 5 nitrogen and oxygen atoms in total. The number of aliphatic hydroxyl groups is 1. The Morgan fingerprint density at radius 1 is 1.43 bits per heavy atom. The zero-order valence-electron chi connectivity index (χ0n) is 14.3. The average Bonchev–Trinajstić information content (AvgIpc) is 3.28. The smallest absolute Gasteiger partial charge is 0.321 e. The minimum absolute atomic E-state index is 0.203. The molecule has 0 atom stereocenters. The molecule has 1 aliphatic rings. The summed E-state index contributed by atoms with van der Waals surface area (Å²) in [5.74, 6) is 0.748. The van der Waals surface area contributed by atoms with Crippen molar-refractivity contribution in [2.75, 3.05) is 25.0 Å². The van der Waals surface area contributed by atoms with Gasteiger partial charge in [0.1, 0.15) is 0 Å². The fourth-order valence-electron chi connectivity index (χ4n) is 2.36. The highest BCUT2D eigenvalue weighted by atomic mass is 16.5. The minimum atomic E-state index is -0.911. The van der Waals surface area contributed by atoms with Crippen molar-refractivity contribution in [3.8, 4) is 0 Å². The molecule has 0 aromatic heterocycles. The van der Waals surface area contributed by atoms with Crippen LogP contribution in [0.2, 0.25) is 0 Å². The molecule has 1 aliphatic carbocycles. The van der Waals surface area contributed by atoms with Gasteiger partial charge in [0.15, 0.2) is 0 Å². The van der Waals surface area contributed by atoms with Crippen LogP contribution in [0, 0.1) is 5.92 Å². The maximum Gasteiger partial charge on any atom is 0.321 e. The number of hydrogen-bond acceptors (Lipinski definition) is 3. The first kappa shape index (κ1) is 17.8. The molecule has 0 radical (unpaired) electrons. The van der Waals surface area contributed by atoms with Crippen LogP contribution in [0.15, 0.2) is 24.3 Å². The van der Waals surface area contributed by atoms with Crippen LogP contribution in [0.4, 0.5) is 10.5 Å². The number of rotatable bonds is 8. The number of benzene rings is 1. The molecule has 2 N–H and O–H groups in total. The third-order valence-corrected chi connectivity index (χ3v) is 3.74. The normalized spacial score (nSPS) is 14.6. The van der Waals surface area contributed by atoms with Crippen LogP contribution < -0.4 is 5.32 Å². The molecular weight excluding hydrogens is 292 g/mol. The largest absolute Gasteiger partial charge is 0.389 e. The predicted octanol–water partition coefficient (Wildman–Crippen LogP) is 3.24. The van der Waals surface area contributed by atoms with Crippen molar-refractivity contribution in [2.24, 2.45) is 5.92 Å². The van der Waals surface area contributed by atoms with E-state index < -0.39 is 5.60 Å². The monoisotopic (exact) mass is 320 g/mol. The highest BCUT2D eigenvalue weighted by Crippen LogP contribution is 2.29. The number of urea groups is 1. The van der Waals surface area contributed by atoms with E-state index >= 15 is 0 Å². The van der Waals surface area contributed by atoms with E-state index in [1.54, 1.807) is 18.7 Å². The summed E-state index contributed by atoms with van der Waals surface area (Å²) in [6.45, 7) is 7.52. The first-order valence-corrected chi connectivity index (χ1v) is 8.32. The maximum absolute atomic E-state index is 12.3. The number of nitrogens with one attached hydrogen (secondary N) is 1. The Morgan fingerprint density at radius 2 is 2.17 bits per heavy atom. The minimum Gasteiger partial charge on any atom is -0.389 e. The highest BCUT2D eigenvalue weighted by molar-refractivity contribution is 5.89. The Balaban J connectivity index is 1.88. The number of ether oxygens (including phenoxy) is 1. The van der Waals surface area contributed by atoms with E-state index in [0.717, 1.165) is 23.8 Å². The van der Waals surface area contributed by atoms with Crippen LogP contribution in [-0.2, 0) is 11.3 Å². The number of likely N-dealkylation sites (N-methyl/N-ethyl adjacent to an activating group) is 1. The van der Waals surface area contributed by atoms with Gasteiger partial charge in [-0.3, -0.25) is 0 Å². The standard InChI is InChI=1S/C18H28N2O3/c1-4-20(13-18(2,3)22)17(21)19-16-7-5-6-15(10-16)12-23-11-14-8-9-14/h5-7,10,14,22H,4,8-9,11-13H2,1-3H3,(H,19,21). The second-order valence-corrected chi connectivity index (χ2v) is 6.92. The Labute approximate surface area is 138 Å². The fraction of sp³-hybridized carbons (Fsp3) is 0.611. The summed E-state index contributed by atoms with van der Waals surface area (Å²) in [4.78, 5) is 13.9. The van der Waals surface area contributed by atoms with Gasteiger partial charge in [-0.05, 0) is 57.2 Å². The van der Waals surface area contributed by atoms with E-state index in [0.29, 0.717) is 19.7 Å². The molecule has 0 bridgehead atoms. The summed E-state index contributed by atoms with van der Waals surface area (Å²) in [5.41, 5.74) is 0.886. The van der Waals surface area contributed by atoms with E-state index in [1.165, 1.54) is 12.8 Å². The van der Waals surface area contributed by atoms with E-state index in [2.05, 4.69) is 5.32 Å². The lowest BCUT2D eigenvalue weighted by Crippen LogP contribution is -2.44. The van der Waals surface area contributed by atoms with Gasteiger partial charge in [-0.15, -0.1) is 0 Å². The van der Waals surface area contributed by atoms with Gasteiger partial charge in [0.05, 0.1) is 18.8 Å². The average molecular weight is 320 g/mol. The summed E-state index contributed by atoms with van der Waals surface area (Å²) < 4.78 is 5.68. The fourth-order valence-corrected chi connectivity index (χ4v) is 2.36. The number of anilines is 1. The number of hydrogen-bond donors (Lipinski definition) is 2. The number of amides is 2. The summed E-state index contributed by atoms with van der Waals surface area (Å²) in [6.07, 6.45) is 2.56. The molecule has 0 aliphatic heterocycles. The van der Waals surface area contributed by atoms with Crippen molar-refractivity contribution >= 4 is 11.7 Å². The van der Waals surface area contributed by atoms with Crippen molar-refractivity contribution < 1.29 is 14.6 Å². The summed E-state index contributed by atoms with van der Waals surface area (Å²) in [7, 11) is 0. The molecule has 2 rings (SSSR count). The molecule has 1 fully saturated rings. The number of carbonyl (C=O) groups excluding carboxylic acids is 1. The van der Waals surface area contributed by atoms with E-state index in [1.807, 2.05) is 31.2 Å². The van der Waals surface area contributed by atoms with Crippen molar-refractivity contribution in [1.82, 2.24) is 4.90 Å². The Hall–Kier alpha value is -1.59. The summed E-state index contributed by atoms with van der Waals surface area (Å²) in [5, 5.41) is 12.8. The molecule has 0 unspecified atom stereocenters. The van der Waals surface area contributed by atoms with Crippen molar-refractivity contribution in [2.45, 2.75) is 45.8 Å². The number of nitrogens with zero attached hydrogens (tertiary/aromatic N) is 1. The van der Waals surface area contributed by atoms with Crippen molar-refractivity contribution in [3.05, 3.63) is 29.8 Å². The summed E-state index contributed by atoms with van der Waals surface area (Å²) in [6, 6.07) is 7.50. The lowest BCUT2D eigenvalue weighted by Gasteiger charge is -2.28. The van der Waals surface area contributed by atoms with Crippen molar-refractivity contribution in [1.29, 1.82) is 0 Å². The molecule has 0 saturated heterocycles. The lowest BCUT2D eigenvalue weighted by atomic mass is 10.1. The third-order valence-electron chi connectivity index (χ3n) is 3.74. The lowest BCUT2D eigenvalue weighted by molar-refractivity contribution is 0.0501. The van der Waals surface area contributed by atoms with Gasteiger partial charge in [-0.2, -0.15) is 0 Å². The van der Waals surface area contributed by atoms with Gasteiger partial charge in [-0.1, -0.05) is 12.1 Å². The SMILES string of the molecule is CCN(CC(C)(C)O)C(=O)Nc1cccc(COCC2CC2)c1. The molecule has 0 spiro atoms. The van der Waals surface area contributed by atoms with Crippen molar-refractivity contribution in [3.63, 3.8) is 0 Å². The maximum atomic E-state index is 12.3. The molecule has 1 aromatic carbocycles. The van der Waals surface area contributed by atoms with E-state index in [-0.39, 0.29) is 6.03 Å². The molecule has 128 valence electrons. The zero-order chi connectivity index (χ0) is 16.9. The molecule has 0 heterocycles. The number of carbonyl (C=O) groups is 1. The Kier molecular flexibility index (Phi) is 6.02. The van der Waals surface area contributed by atoms with Gasteiger partial charge < -0.3 is 20.1 Å². The topological polar surface area (TPSA) is 61.8 Å². The van der Waals surface area contributed by atoms with Crippen LogP contribution in [-0.4, -0.2) is 41.3 Å². The highest BCUT2D eigenvalue weighted by Gasteiger charge is 2.22. The second-order valence-electron chi connectivity index (χ2n) is 6.92. The third kappa shape index (κ3) is 6.59. The van der Waals surface area contributed by atoms with Gasteiger partial charge >= 0.3 is 6.03 Å². The van der Waals surface area contributed by atoms with E-state index in [9.17, 15) is 9.90 Å². The van der Waals surface area contributed by atoms with E-state index in [4.69, 9.17) is 4.74 Å². The Bertz CT molecular complexity index is 521. The van der Waals surface area contributed by atoms with Gasteiger partial charge in [-0.25, -0.2) is 4.79 Å². The van der Waals surface area contributed by atoms with Gasteiger partial charge in [0, 0.05) is 18.8 Å². The molecular formula is C18H28N2O3. The molecule has 1 saturated carbocycles. The summed E-state index contributed by atoms with van der Waals surface area (Å²) >= 11 is 0. The molecule has 1 aromatic rings. The van der Waals surface area contributed by atoms with Crippen LogP contribution >= 0.6 is 0 Å². The van der Waals surface area contributed by atoms with Crippen LogP contribution in [0.3, 0.4) is 0 Å². The van der Waals surface area contributed by atoms with Crippen LogP contribution in [0.5, 0.6) is 0 Å². The molecule has 2 amide bonds. The van der Waals surface area contributed by atoms with Gasteiger partial charge in [0.25, 0.3) is 0 Å². The predicted molar refractivity (Wildman–Crippen MR) is 91.4 cm³/mol. The van der Waals surface area contributed by atoms with Crippen LogP contribution in [0.1, 0.15) is 39.2 Å². The molecule has 5 heteroatoms. The Morgan fingerprint density at radius 3 is 2.78 bits per heavy atom. The first-order valence-electron chi connectivity index (χ1n) is 8.32. The first-order chi connectivity index (χ1) is 10.9. The second kappa shape index (κ2) is 7.79. The quantitative estimate of drug-likeness (QED) is 0.773. The van der Waals surface area contributed by atoms with Gasteiger partial charge in [0.2, 0.25) is 0 Å².